The smallest absolute Gasteiger partial charge is 0.410 e. The van der Waals surface area contributed by atoms with Crippen LogP contribution in [0.25, 0.3) is 0 Å². The molecule has 1 aromatic heterocycles. The lowest BCUT2D eigenvalue weighted by atomic mass is 9.80. The predicted octanol–water partition coefficient (Wildman–Crippen LogP) is 6.68. The number of halogens is 4. The zero-order valence-corrected chi connectivity index (χ0v) is 24.6. The molecule has 2 N–H and O–H groups in total. The molecule has 41 heavy (non-hydrogen) atoms. The molecular weight excluding hydrogens is 590 g/mol. The van der Waals surface area contributed by atoms with Gasteiger partial charge in [0.2, 0.25) is 0 Å². The molecule has 0 aliphatic carbocycles. The summed E-state index contributed by atoms with van der Waals surface area (Å²) >= 11 is 19.8. The van der Waals surface area contributed by atoms with Gasteiger partial charge in [0.15, 0.2) is 5.78 Å². The van der Waals surface area contributed by atoms with Gasteiger partial charge in [0.25, 0.3) is 0 Å². The lowest BCUT2D eigenvalue weighted by Gasteiger charge is -2.33. The first-order chi connectivity index (χ1) is 19.8. The molecular formula is C30H30Cl3FN4O3. The van der Waals surface area contributed by atoms with Crippen molar-refractivity contribution >= 4 is 46.7 Å². The number of likely N-dealkylation sites (N-methyl/N-ethyl adjacent to an activating group) is 1. The Hall–Kier alpha value is -2.75. The Morgan fingerprint density at radius 3 is 2.59 bits per heavy atom. The van der Waals surface area contributed by atoms with E-state index in [1.54, 1.807) is 17.2 Å². The molecule has 2 aliphatic heterocycles. The molecule has 2 unspecified atom stereocenters. The molecule has 0 radical (unpaired) electrons. The Kier molecular flexibility index (Phi) is 9.46. The fraction of sp³-hybridized carbons (Fsp3) is 0.367. The van der Waals surface area contributed by atoms with E-state index >= 15 is 0 Å². The van der Waals surface area contributed by atoms with Crippen LogP contribution in [0.1, 0.15) is 53.3 Å². The summed E-state index contributed by atoms with van der Waals surface area (Å²) in [5.41, 5.74) is 1.86. The van der Waals surface area contributed by atoms with Crippen molar-refractivity contribution in [1.29, 1.82) is 0 Å². The average molecular weight is 620 g/mol. The molecule has 11 heteroatoms. The largest absolute Gasteiger partial charge is 0.415 e. The highest BCUT2D eigenvalue weighted by Crippen LogP contribution is 2.43. The number of carbonyl (C=O) groups excluding carboxylic acids is 2. The van der Waals surface area contributed by atoms with E-state index in [1.807, 2.05) is 25.1 Å². The molecule has 5 rings (SSSR count). The number of nitrogens with zero attached hydrogens (tertiary/aromatic N) is 2. The van der Waals surface area contributed by atoms with E-state index in [0.29, 0.717) is 50.1 Å². The molecule has 2 aromatic carbocycles. The number of Topliss-reactive ketones (excluding diaryl/α,β-unsaturated/α-hetero) is 1. The molecule has 0 bridgehead atoms. The van der Waals surface area contributed by atoms with Gasteiger partial charge in [0.05, 0.1) is 32.8 Å². The van der Waals surface area contributed by atoms with E-state index in [2.05, 4.69) is 15.6 Å². The highest BCUT2D eigenvalue weighted by atomic mass is 35.5. The predicted molar refractivity (Wildman–Crippen MR) is 158 cm³/mol. The third kappa shape index (κ3) is 6.37. The molecule has 3 aromatic rings. The van der Waals surface area contributed by atoms with Crippen molar-refractivity contribution in [3.8, 4) is 5.75 Å². The maximum atomic E-state index is 14.2. The zero-order chi connectivity index (χ0) is 29.1. The minimum atomic E-state index is -0.576. The van der Waals surface area contributed by atoms with Crippen molar-refractivity contribution in [3.63, 3.8) is 0 Å². The van der Waals surface area contributed by atoms with Crippen molar-refractivity contribution in [2.75, 3.05) is 26.2 Å². The Morgan fingerprint density at radius 1 is 1.10 bits per heavy atom. The Morgan fingerprint density at radius 2 is 1.88 bits per heavy atom. The number of amides is 1. The van der Waals surface area contributed by atoms with Crippen molar-refractivity contribution in [2.45, 2.75) is 37.8 Å². The normalized spacial score (nSPS) is 22.4. The van der Waals surface area contributed by atoms with Gasteiger partial charge < -0.3 is 20.3 Å². The average Bonchev–Trinajstić information content (AvgIpc) is 3.47. The molecule has 2 saturated heterocycles. The molecule has 1 amide bonds. The van der Waals surface area contributed by atoms with Crippen LogP contribution in [0.3, 0.4) is 0 Å². The van der Waals surface area contributed by atoms with Crippen LogP contribution in [-0.2, 0) is 0 Å². The second-order valence-electron chi connectivity index (χ2n) is 10.2. The third-order valence-corrected chi connectivity index (χ3v) is 9.10. The first-order valence-electron chi connectivity index (χ1n) is 13.6. The van der Waals surface area contributed by atoms with Gasteiger partial charge >= 0.3 is 6.09 Å². The fourth-order valence-electron chi connectivity index (χ4n) is 5.79. The van der Waals surface area contributed by atoms with Gasteiger partial charge in [-0.15, -0.1) is 0 Å². The number of ketones is 1. The van der Waals surface area contributed by atoms with E-state index in [4.69, 9.17) is 39.5 Å². The highest BCUT2D eigenvalue weighted by Gasteiger charge is 2.40. The standard InChI is InChI=1S/C30H30Cl3FN4O3/c1-2-38(30(40)41-19-8-6-18(34)7-9-19)25-16-35-15-21(25)20-14-22(31)27(32)28(33)26(20)29(39)17-10-12-37-24(13-17)23-5-3-4-11-36-23/h3-9,11,14,17,21,24-25,35,37H,2,10,12-13,15-16H2,1H3/t17?,21-,24?,25+/m0/s1. The minimum absolute atomic E-state index is 0.0680. The van der Waals surface area contributed by atoms with Gasteiger partial charge in [0, 0.05) is 43.2 Å². The van der Waals surface area contributed by atoms with Gasteiger partial charge in [-0.05, 0) is 74.3 Å². The second kappa shape index (κ2) is 13.0. The molecule has 4 atom stereocenters. The highest BCUT2D eigenvalue weighted by molar-refractivity contribution is 6.49. The Labute approximate surface area is 253 Å². The van der Waals surface area contributed by atoms with Crippen molar-refractivity contribution in [1.82, 2.24) is 20.5 Å². The lowest BCUT2D eigenvalue weighted by molar-refractivity contribution is 0.0876. The molecule has 7 nitrogen and oxygen atoms in total. The van der Waals surface area contributed by atoms with E-state index in [0.717, 1.165) is 5.69 Å². The van der Waals surface area contributed by atoms with Crippen LogP contribution < -0.4 is 15.4 Å². The zero-order valence-electron chi connectivity index (χ0n) is 22.4. The van der Waals surface area contributed by atoms with Gasteiger partial charge in [-0.25, -0.2) is 9.18 Å². The number of ether oxygens (including phenoxy) is 1. The van der Waals surface area contributed by atoms with Crippen LogP contribution >= 0.6 is 34.8 Å². The van der Waals surface area contributed by atoms with Gasteiger partial charge in [-0.3, -0.25) is 9.78 Å². The summed E-state index contributed by atoms with van der Waals surface area (Å²) in [5, 5.41) is 7.28. The van der Waals surface area contributed by atoms with Crippen LogP contribution in [0.15, 0.2) is 54.7 Å². The van der Waals surface area contributed by atoms with Crippen molar-refractivity contribution in [3.05, 3.63) is 92.4 Å². The number of hydrogen-bond acceptors (Lipinski definition) is 6. The van der Waals surface area contributed by atoms with Gasteiger partial charge in [-0.2, -0.15) is 0 Å². The second-order valence-corrected chi connectivity index (χ2v) is 11.4. The van der Waals surface area contributed by atoms with E-state index < -0.39 is 11.9 Å². The molecule has 2 aliphatic rings. The van der Waals surface area contributed by atoms with Gasteiger partial charge in [0.1, 0.15) is 11.6 Å². The summed E-state index contributed by atoms with van der Waals surface area (Å²) in [7, 11) is 0. The number of benzene rings is 2. The Balaban J connectivity index is 1.45. The van der Waals surface area contributed by atoms with Crippen molar-refractivity contribution < 1.29 is 18.7 Å². The lowest BCUT2D eigenvalue weighted by Crippen LogP contribution is -2.45. The number of pyridine rings is 1. The fourth-order valence-corrected chi connectivity index (χ4v) is 6.51. The van der Waals surface area contributed by atoms with E-state index in [9.17, 15) is 14.0 Å². The molecule has 216 valence electrons. The van der Waals surface area contributed by atoms with Crippen LogP contribution in [-0.4, -0.2) is 54.0 Å². The number of rotatable bonds is 7. The summed E-state index contributed by atoms with van der Waals surface area (Å²) in [6.07, 6.45) is 2.36. The van der Waals surface area contributed by atoms with Gasteiger partial charge in [-0.1, -0.05) is 40.9 Å². The number of nitrogens with one attached hydrogen (secondary N) is 2. The number of carbonyl (C=O) groups is 2. The SMILES string of the molecule is CCN(C(=O)Oc1ccc(F)cc1)[C@@H]1CNC[C@H]1c1cc(Cl)c(Cl)c(Cl)c1C(=O)C1CCNC(c2ccccn2)C1. The number of aromatic nitrogens is 1. The minimum Gasteiger partial charge on any atom is -0.410 e. The third-order valence-electron chi connectivity index (χ3n) is 7.83. The molecule has 0 spiro atoms. The number of piperidine rings is 1. The summed E-state index contributed by atoms with van der Waals surface area (Å²) < 4.78 is 18.9. The Bertz CT molecular complexity index is 1410. The maximum Gasteiger partial charge on any atom is 0.415 e. The van der Waals surface area contributed by atoms with E-state index in [1.165, 1.54) is 24.3 Å². The first kappa shape index (κ1) is 29.7. The van der Waals surface area contributed by atoms with Crippen LogP contribution in [0.4, 0.5) is 9.18 Å². The molecule has 2 fully saturated rings. The first-order valence-corrected chi connectivity index (χ1v) is 14.7. The van der Waals surface area contributed by atoms with E-state index in [-0.39, 0.29) is 50.5 Å². The molecule has 3 heterocycles. The summed E-state index contributed by atoms with van der Waals surface area (Å²) in [5.74, 6) is -0.913. The van der Waals surface area contributed by atoms with Crippen molar-refractivity contribution in [2.24, 2.45) is 5.92 Å². The number of hydrogen-bond donors (Lipinski definition) is 2. The molecule has 0 saturated carbocycles. The topological polar surface area (TPSA) is 83.6 Å². The quantitative estimate of drug-likeness (QED) is 0.227. The monoisotopic (exact) mass is 618 g/mol. The summed E-state index contributed by atoms with van der Waals surface area (Å²) in [6, 6.07) is 12.3. The summed E-state index contributed by atoms with van der Waals surface area (Å²) in [4.78, 5) is 33.5. The van der Waals surface area contributed by atoms with Crippen LogP contribution in [0, 0.1) is 11.7 Å². The van der Waals surface area contributed by atoms with Crippen LogP contribution in [0.5, 0.6) is 5.75 Å². The maximum absolute atomic E-state index is 14.2. The summed E-state index contributed by atoms with van der Waals surface area (Å²) in [6.45, 7) is 3.81. The van der Waals surface area contributed by atoms with Crippen LogP contribution in [0.2, 0.25) is 15.1 Å².